The van der Waals surface area contributed by atoms with E-state index in [9.17, 15) is 0 Å². The number of aryl methyl sites for hydroxylation is 1. The summed E-state index contributed by atoms with van der Waals surface area (Å²) in [7, 11) is 2.19. The Morgan fingerprint density at radius 1 is 0.786 bits per heavy atom. The molecule has 0 bridgehead atoms. The van der Waals surface area contributed by atoms with Gasteiger partial charge in [0.1, 0.15) is 0 Å². The van der Waals surface area contributed by atoms with Crippen LogP contribution in [-0.4, -0.2) is 7.28 Å². The average molecular weight is 179 g/mol. The molecule has 0 saturated carbocycles. The summed E-state index contributed by atoms with van der Waals surface area (Å²) in [5, 5.41) is 0. The van der Waals surface area contributed by atoms with Gasteiger partial charge in [-0.05, 0) is 6.92 Å². The molecule has 0 heterocycles. The Bertz CT molecular complexity index is 407. The standard InChI is InChI=1S/C13H12B/c1-11-6-5-9-13(10-11)14-12-7-3-2-4-8-12/h2-10H,1H3. The lowest BCUT2D eigenvalue weighted by molar-refractivity contribution is 1.49. The molecule has 0 aromatic heterocycles. The monoisotopic (exact) mass is 179 g/mol. The molecule has 2 rings (SSSR count). The van der Waals surface area contributed by atoms with Crippen LogP contribution < -0.4 is 10.9 Å². The van der Waals surface area contributed by atoms with Gasteiger partial charge in [0.25, 0.3) is 0 Å². The molecule has 0 fully saturated rings. The van der Waals surface area contributed by atoms with Crippen molar-refractivity contribution in [2.45, 2.75) is 6.92 Å². The van der Waals surface area contributed by atoms with Gasteiger partial charge in [0.2, 0.25) is 0 Å². The minimum atomic E-state index is 1.25. The number of rotatable bonds is 2. The van der Waals surface area contributed by atoms with E-state index in [0.717, 1.165) is 0 Å². The largest absolute Gasteiger partial charge is 0.191 e. The molecule has 0 amide bonds. The maximum atomic E-state index is 2.19. The van der Waals surface area contributed by atoms with Crippen LogP contribution in [0.3, 0.4) is 0 Å². The summed E-state index contributed by atoms with van der Waals surface area (Å²) in [5.41, 5.74) is 3.81. The quantitative estimate of drug-likeness (QED) is 0.615. The van der Waals surface area contributed by atoms with Crippen molar-refractivity contribution in [1.29, 1.82) is 0 Å². The van der Waals surface area contributed by atoms with Crippen molar-refractivity contribution in [3.63, 3.8) is 0 Å². The maximum absolute atomic E-state index is 2.19. The molecule has 14 heavy (non-hydrogen) atoms. The van der Waals surface area contributed by atoms with Crippen LogP contribution in [0.15, 0.2) is 54.6 Å². The molecule has 0 aliphatic rings. The van der Waals surface area contributed by atoms with E-state index in [-0.39, 0.29) is 0 Å². The molecule has 1 radical (unpaired) electrons. The first-order chi connectivity index (χ1) is 6.84. The Morgan fingerprint density at radius 2 is 1.50 bits per heavy atom. The molecular weight excluding hydrogens is 167 g/mol. The predicted octanol–water partition coefficient (Wildman–Crippen LogP) is 1.65. The van der Waals surface area contributed by atoms with E-state index >= 15 is 0 Å². The number of hydrogen-bond donors (Lipinski definition) is 0. The van der Waals surface area contributed by atoms with Gasteiger partial charge in [-0.25, -0.2) is 0 Å². The zero-order chi connectivity index (χ0) is 9.80. The molecule has 2 aromatic carbocycles. The summed E-state index contributed by atoms with van der Waals surface area (Å²) in [6, 6.07) is 18.9. The molecule has 0 N–H and O–H groups in total. The minimum absolute atomic E-state index is 1.25. The second-order valence-corrected chi connectivity index (χ2v) is 3.47. The van der Waals surface area contributed by atoms with Crippen molar-refractivity contribution < 1.29 is 0 Å². The molecular formula is C13H12B. The summed E-state index contributed by atoms with van der Waals surface area (Å²) in [4.78, 5) is 0. The van der Waals surface area contributed by atoms with Crippen LogP contribution in [0.2, 0.25) is 0 Å². The summed E-state index contributed by atoms with van der Waals surface area (Å²) in [6.07, 6.45) is 0. The summed E-state index contributed by atoms with van der Waals surface area (Å²) in [6.45, 7) is 2.11. The van der Waals surface area contributed by atoms with Crippen molar-refractivity contribution in [2.75, 3.05) is 0 Å². The third kappa shape index (κ3) is 2.26. The third-order valence-corrected chi connectivity index (χ3v) is 2.18. The van der Waals surface area contributed by atoms with E-state index < -0.39 is 0 Å². The summed E-state index contributed by atoms with van der Waals surface area (Å²) in [5.74, 6) is 0. The highest BCUT2D eigenvalue weighted by atomic mass is 13.9. The van der Waals surface area contributed by atoms with Gasteiger partial charge in [-0.3, -0.25) is 0 Å². The third-order valence-electron chi connectivity index (χ3n) is 2.18. The Labute approximate surface area is 85.8 Å². The van der Waals surface area contributed by atoms with Gasteiger partial charge in [0, 0.05) is 0 Å². The second-order valence-electron chi connectivity index (χ2n) is 3.47. The van der Waals surface area contributed by atoms with Crippen LogP contribution in [0, 0.1) is 6.92 Å². The summed E-state index contributed by atoms with van der Waals surface area (Å²) < 4.78 is 0. The molecule has 0 nitrogen and oxygen atoms in total. The highest BCUT2D eigenvalue weighted by Gasteiger charge is 1.97. The van der Waals surface area contributed by atoms with Gasteiger partial charge in [-0.15, -0.1) is 0 Å². The van der Waals surface area contributed by atoms with Gasteiger partial charge in [0.15, 0.2) is 7.28 Å². The minimum Gasteiger partial charge on any atom is -0.0814 e. The van der Waals surface area contributed by atoms with Crippen LogP contribution in [0.4, 0.5) is 0 Å². The van der Waals surface area contributed by atoms with E-state index in [4.69, 9.17) is 0 Å². The lowest BCUT2D eigenvalue weighted by Gasteiger charge is -2.00. The number of hydrogen-bond acceptors (Lipinski definition) is 0. The number of benzene rings is 2. The fraction of sp³-hybridized carbons (Fsp3) is 0.0769. The van der Waals surface area contributed by atoms with Crippen molar-refractivity contribution in [1.82, 2.24) is 0 Å². The van der Waals surface area contributed by atoms with E-state index in [0.29, 0.717) is 0 Å². The van der Waals surface area contributed by atoms with E-state index in [1.165, 1.54) is 16.5 Å². The van der Waals surface area contributed by atoms with Gasteiger partial charge in [-0.1, -0.05) is 71.1 Å². The molecule has 0 saturated heterocycles. The molecule has 0 aliphatic carbocycles. The highest BCUT2D eigenvalue weighted by molar-refractivity contribution is 6.67. The zero-order valence-electron chi connectivity index (χ0n) is 8.27. The molecule has 0 spiro atoms. The lowest BCUT2D eigenvalue weighted by Crippen LogP contribution is -2.26. The van der Waals surface area contributed by atoms with Crippen molar-refractivity contribution in [3.8, 4) is 0 Å². The van der Waals surface area contributed by atoms with Crippen LogP contribution in [0.5, 0.6) is 0 Å². The molecule has 1 heteroatoms. The predicted molar refractivity (Wildman–Crippen MR) is 62.6 cm³/mol. The fourth-order valence-electron chi connectivity index (χ4n) is 1.50. The van der Waals surface area contributed by atoms with E-state index in [1.807, 2.05) is 6.07 Å². The molecule has 2 aromatic rings. The fourth-order valence-corrected chi connectivity index (χ4v) is 1.50. The Morgan fingerprint density at radius 3 is 2.21 bits per heavy atom. The molecule has 67 valence electrons. The molecule has 0 aliphatic heterocycles. The van der Waals surface area contributed by atoms with Crippen LogP contribution in [0.1, 0.15) is 5.56 Å². The van der Waals surface area contributed by atoms with Gasteiger partial charge >= 0.3 is 0 Å². The Balaban J connectivity index is 2.19. The Kier molecular flexibility index (Phi) is 2.69. The van der Waals surface area contributed by atoms with Gasteiger partial charge in [-0.2, -0.15) is 0 Å². The normalized spacial score (nSPS) is 9.79. The highest BCUT2D eigenvalue weighted by Crippen LogP contribution is 1.92. The van der Waals surface area contributed by atoms with Crippen LogP contribution in [0.25, 0.3) is 0 Å². The SMILES string of the molecule is Cc1cccc([B]c2ccccc2)c1. The van der Waals surface area contributed by atoms with Crippen molar-refractivity contribution in [3.05, 3.63) is 60.2 Å². The first-order valence-electron chi connectivity index (χ1n) is 4.81. The Hall–Kier alpha value is -1.50. The zero-order valence-corrected chi connectivity index (χ0v) is 8.27. The van der Waals surface area contributed by atoms with Crippen molar-refractivity contribution >= 4 is 18.2 Å². The topological polar surface area (TPSA) is 0 Å². The molecule has 0 unspecified atom stereocenters. The second kappa shape index (κ2) is 4.14. The molecule has 0 atom stereocenters. The van der Waals surface area contributed by atoms with Crippen molar-refractivity contribution in [2.24, 2.45) is 0 Å². The van der Waals surface area contributed by atoms with E-state index in [1.54, 1.807) is 0 Å². The van der Waals surface area contributed by atoms with Crippen LogP contribution >= 0.6 is 0 Å². The van der Waals surface area contributed by atoms with E-state index in [2.05, 4.69) is 62.7 Å². The first-order valence-corrected chi connectivity index (χ1v) is 4.81. The first kappa shape index (κ1) is 9.08. The maximum Gasteiger partial charge on any atom is 0.191 e. The summed E-state index contributed by atoms with van der Waals surface area (Å²) >= 11 is 0. The van der Waals surface area contributed by atoms with Crippen LogP contribution in [-0.2, 0) is 0 Å². The smallest absolute Gasteiger partial charge is 0.0814 e. The average Bonchev–Trinajstić information content (AvgIpc) is 2.19. The lowest BCUT2D eigenvalue weighted by atomic mass is 9.64. The van der Waals surface area contributed by atoms with Gasteiger partial charge < -0.3 is 0 Å². The van der Waals surface area contributed by atoms with Gasteiger partial charge in [0.05, 0.1) is 0 Å².